The maximum absolute atomic E-state index is 12.6. The molecule has 0 aliphatic carbocycles. The fourth-order valence-electron chi connectivity index (χ4n) is 2.27. The van der Waals surface area contributed by atoms with E-state index in [1.807, 2.05) is 19.1 Å². The number of anilines is 1. The summed E-state index contributed by atoms with van der Waals surface area (Å²) in [5.41, 5.74) is 2.27. The lowest BCUT2D eigenvalue weighted by Gasteiger charge is -2.09. The maximum Gasteiger partial charge on any atom is 0.265 e. The van der Waals surface area contributed by atoms with Crippen LogP contribution in [0.1, 0.15) is 22.6 Å². The van der Waals surface area contributed by atoms with Gasteiger partial charge in [0.25, 0.3) is 10.0 Å². The summed E-state index contributed by atoms with van der Waals surface area (Å²) >= 11 is 0. The molecule has 114 valence electrons. The van der Waals surface area contributed by atoms with E-state index in [4.69, 9.17) is 4.42 Å². The van der Waals surface area contributed by atoms with Gasteiger partial charge in [-0.05, 0) is 40.0 Å². The molecule has 0 aliphatic rings. The van der Waals surface area contributed by atoms with E-state index in [2.05, 4.69) is 10.0 Å². The van der Waals surface area contributed by atoms with Crippen molar-refractivity contribution < 1.29 is 12.8 Å². The molecule has 0 bridgehead atoms. The summed E-state index contributed by atoms with van der Waals surface area (Å²) in [5.74, 6) is 1.02. The van der Waals surface area contributed by atoms with E-state index in [1.54, 1.807) is 33.0 Å². The third-order valence-corrected chi connectivity index (χ3v) is 4.83. The van der Waals surface area contributed by atoms with Crippen molar-refractivity contribution in [2.24, 2.45) is 0 Å². The molecule has 0 fully saturated rings. The van der Waals surface area contributed by atoms with Gasteiger partial charge in [-0.1, -0.05) is 17.7 Å². The molecule has 2 rings (SSSR count). The highest BCUT2D eigenvalue weighted by molar-refractivity contribution is 7.92. The zero-order valence-electron chi connectivity index (χ0n) is 12.6. The van der Waals surface area contributed by atoms with E-state index in [1.165, 1.54) is 0 Å². The molecule has 2 N–H and O–H groups in total. The van der Waals surface area contributed by atoms with Gasteiger partial charge in [-0.2, -0.15) is 0 Å². The number of furan rings is 1. The first-order valence-corrected chi connectivity index (χ1v) is 8.16. The average molecular weight is 308 g/mol. The number of benzene rings is 1. The molecule has 0 saturated carbocycles. The van der Waals surface area contributed by atoms with Crippen molar-refractivity contribution >= 4 is 15.7 Å². The van der Waals surface area contributed by atoms with Crippen molar-refractivity contribution in [3.8, 4) is 0 Å². The summed E-state index contributed by atoms with van der Waals surface area (Å²) in [5, 5.41) is 2.97. The standard InChI is InChI=1S/C15H20N2O3S/c1-10-5-7-13(8-6-10)17-21(18,19)15-12(3)20-11(2)14(15)9-16-4/h5-8,16-17H,9H2,1-4H3. The molecule has 5 nitrogen and oxygen atoms in total. The normalized spacial score (nSPS) is 11.6. The highest BCUT2D eigenvalue weighted by Gasteiger charge is 2.26. The molecule has 2 aromatic rings. The lowest BCUT2D eigenvalue weighted by Crippen LogP contribution is -2.17. The molecule has 1 aromatic carbocycles. The fraction of sp³-hybridized carbons (Fsp3) is 0.333. The summed E-state index contributed by atoms with van der Waals surface area (Å²) in [6.07, 6.45) is 0. The van der Waals surface area contributed by atoms with Crippen molar-refractivity contribution in [2.45, 2.75) is 32.2 Å². The van der Waals surface area contributed by atoms with E-state index in [0.717, 1.165) is 5.56 Å². The highest BCUT2D eigenvalue weighted by atomic mass is 32.2. The van der Waals surface area contributed by atoms with Crippen LogP contribution in [0.4, 0.5) is 5.69 Å². The molecular weight excluding hydrogens is 288 g/mol. The molecule has 0 spiro atoms. The summed E-state index contributed by atoms with van der Waals surface area (Å²) in [6.45, 7) is 5.82. The third-order valence-electron chi connectivity index (χ3n) is 3.25. The van der Waals surface area contributed by atoms with Crippen molar-refractivity contribution in [2.75, 3.05) is 11.8 Å². The lowest BCUT2D eigenvalue weighted by atomic mass is 10.2. The zero-order chi connectivity index (χ0) is 15.6. The van der Waals surface area contributed by atoms with Crippen molar-refractivity contribution in [3.05, 3.63) is 46.9 Å². The van der Waals surface area contributed by atoms with Gasteiger partial charge in [-0.25, -0.2) is 8.42 Å². The fourth-order valence-corrected chi connectivity index (χ4v) is 3.78. The SMILES string of the molecule is CNCc1c(C)oc(C)c1S(=O)(=O)Nc1ccc(C)cc1. The topological polar surface area (TPSA) is 71.3 Å². The monoisotopic (exact) mass is 308 g/mol. The smallest absolute Gasteiger partial charge is 0.265 e. The molecule has 6 heteroatoms. The molecule has 1 heterocycles. The van der Waals surface area contributed by atoms with Gasteiger partial charge in [0.15, 0.2) is 0 Å². The Bertz CT molecular complexity index is 731. The van der Waals surface area contributed by atoms with Gasteiger partial charge in [0.05, 0.1) is 0 Å². The van der Waals surface area contributed by atoms with Crippen LogP contribution >= 0.6 is 0 Å². The van der Waals surface area contributed by atoms with Gasteiger partial charge in [0, 0.05) is 17.8 Å². The number of nitrogens with one attached hydrogen (secondary N) is 2. The number of hydrogen-bond acceptors (Lipinski definition) is 4. The summed E-state index contributed by atoms with van der Waals surface area (Å²) in [4.78, 5) is 0.218. The molecule has 1 aromatic heterocycles. The van der Waals surface area contributed by atoms with Crippen LogP contribution in [-0.2, 0) is 16.6 Å². The van der Waals surface area contributed by atoms with Gasteiger partial charge in [0.2, 0.25) is 0 Å². The Morgan fingerprint density at radius 3 is 2.24 bits per heavy atom. The van der Waals surface area contributed by atoms with E-state index in [9.17, 15) is 8.42 Å². The van der Waals surface area contributed by atoms with Crippen LogP contribution in [-0.4, -0.2) is 15.5 Å². The largest absolute Gasteiger partial charge is 0.465 e. The zero-order valence-corrected chi connectivity index (χ0v) is 13.5. The Morgan fingerprint density at radius 1 is 1.05 bits per heavy atom. The summed E-state index contributed by atoms with van der Waals surface area (Å²) in [7, 11) is -1.90. The predicted octanol–water partition coefficient (Wildman–Crippen LogP) is 2.73. The minimum absolute atomic E-state index is 0.218. The molecule has 0 aliphatic heterocycles. The van der Waals surface area contributed by atoms with E-state index in [0.29, 0.717) is 29.3 Å². The molecule has 0 unspecified atom stereocenters. The number of sulfonamides is 1. The molecule has 0 amide bonds. The van der Waals surface area contributed by atoms with Gasteiger partial charge < -0.3 is 9.73 Å². The van der Waals surface area contributed by atoms with Gasteiger partial charge in [-0.3, -0.25) is 4.72 Å². The van der Waals surface area contributed by atoms with Crippen molar-refractivity contribution in [1.82, 2.24) is 5.32 Å². The van der Waals surface area contributed by atoms with Gasteiger partial charge >= 0.3 is 0 Å². The van der Waals surface area contributed by atoms with Crippen LogP contribution in [0.25, 0.3) is 0 Å². The summed E-state index contributed by atoms with van der Waals surface area (Å²) in [6, 6.07) is 7.21. The molecular formula is C15H20N2O3S. The summed E-state index contributed by atoms with van der Waals surface area (Å²) < 4.78 is 33.3. The van der Waals surface area contributed by atoms with Crippen molar-refractivity contribution in [3.63, 3.8) is 0 Å². The van der Waals surface area contributed by atoms with Crippen LogP contribution in [0.15, 0.2) is 33.6 Å². The number of rotatable bonds is 5. The van der Waals surface area contributed by atoms with Gasteiger partial charge in [-0.15, -0.1) is 0 Å². The van der Waals surface area contributed by atoms with Crippen LogP contribution in [0.3, 0.4) is 0 Å². The second-order valence-electron chi connectivity index (χ2n) is 5.02. The third kappa shape index (κ3) is 3.28. The Labute approximate surface area is 125 Å². The first kappa shape index (κ1) is 15.6. The minimum Gasteiger partial charge on any atom is -0.465 e. The molecule has 21 heavy (non-hydrogen) atoms. The average Bonchev–Trinajstić information content (AvgIpc) is 2.68. The molecule has 0 radical (unpaired) electrons. The van der Waals surface area contributed by atoms with Crippen LogP contribution in [0.5, 0.6) is 0 Å². The predicted molar refractivity (Wildman–Crippen MR) is 82.9 cm³/mol. The minimum atomic E-state index is -3.67. The van der Waals surface area contributed by atoms with Gasteiger partial charge in [0.1, 0.15) is 16.4 Å². The highest BCUT2D eigenvalue weighted by Crippen LogP contribution is 2.28. The Kier molecular flexibility index (Phi) is 4.39. The second kappa shape index (κ2) is 5.91. The first-order valence-electron chi connectivity index (χ1n) is 6.68. The first-order chi connectivity index (χ1) is 9.85. The Hall–Kier alpha value is -1.79. The van der Waals surface area contributed by atoms with Crippen molar-refractivity contribution in [1.29, 1.82) is 0 Å². The maximum atomic E-state index is 12.6. The second-order valence-corrected chi connectivity index (χ2v) is 6.64. The van der Waals surface area contributed by atoms with Crippen LogP contribution in [0, 0.1) is 20.8 Å². The van der Waals surface area contributed by atoms with E-state index < -0.39 is 10.0 Å². The van der Waals surface area contributed by atoms with E-state index >= 15 is 0 Å². The quantitative estimate of drug-likeness (QED) is 0.891. The Morgan fingerprint density at radius 2 is 1.67 bits per heavy atom. The van der Waals surface area contributed by atoms with Crippen LogP contribution < -0.4 is 10.0 Å². The van der Waals surface area contributed by atoms with Crippen LogP contribution in [0.2, 0.25) is 0 Å². The molecule has 0 saturated heterocycles. The van der Waals surface area contributed by atoms with E-state index in [-0.39, 0.29) is 4.90 Å². The Balaban J connectivity index is 2.42. The number of hydrogen-bond donors (Lipinski definition) is 2. The lowest BCUT2D eigenvalue weighted by molar-refractivity contribution is 0.494. The number of aryl methyl sites for hydroxylation is 3. The molecule has 0 atom stereocenters.